The lowest BCUT2D eigenvalue weighted by atomic mass is 9.48. The number of piperidine rings is 1. The minimum Gasteiger partial charge on any atom is -0.425 e. The van der Waals surface area contributed by atoms with Gasteiger partial charge in [-0.15, -0.1) is 0 Å². The van der Waals surface area contributed by atoms with Crippen molar-refractivity contribution in [1.82, 2.24) is 25.5 Å². The van der Waals surface area contributed by atoms with Crippen molar-refractivity contribution in [3.8, 4) is 11.8 Å². The van der Waals surface area contributed by atoms with Gasteiger partial charge in [-0.2, -0.15) is 19.0 Å². The number of nitrogens with zero attached hydrogens (tertiary/aromatic N) is 4. The molecule has 71 heavy (non-hydrogen) atoms. The molecule has 19 nitrogen and oxygen atoms in total. The number of rotatable bonds is 27. The number of anilines is 3. The Bertz CT molecular complexity index is 2410. The van der Waals surface area contributed by atoms with Crippen LogP contribution in [0.5, 0.6) is 5.75 Å². The molecular formula is C49H60F2IN9O10. The molecule has 4 unspecified atom stereocenters. The van der Waals surface area contributed by atoms with E-state index in [1.54, 1.807) is 30.3 Å². The Kier molecular flexibility index (Phi) is 17.5. The number of imide groups is 1. The van der Waals surface area contributed by atoms with Crippen LogP contribution in [-0.2, 0) is 44.6 Å². The summed E-state index contributed by atoms with van der Waals surface area (Å²) in [6.07, 6.45) is 6.56. The highest BCUT2D eigenvalue weighted by Gasteiger charge is 2.55. The smallest absolute Gasteiger partial charge is 0.425 e. The SMILES string of the molecule is COC1c2cc(NCCOCCOCCOCCOCCC(=O)NC3C4CC5CC3CC(CNc3nc(NCc6ccccc6OC(F)(F)I)ncc3C#N)(C5)C4)ccc2C(=O)N1C1CCC(=O)NC1=O. The summed E-state index contributed by atoms with van der Waals surface area (Å²) in [5, 5.41) is 25.3. The molecule has 4 saturated carbocycles. The fraction of sp³-hybridized carbons (Fsp3) is 0.571. The first-order valence-electron chi connectivity index (χ1n) is 24.1. The van der Waals surface area contributed by atoms with Gasteiger partial charge in [0.2, 0.25) is 23.7 Å². The third-order valence-corrected chi connectivity index (χ3v) is 14.1. The van der Waals surface area contributed by atoms with Crippen LogP contribution < -0.4 is 31.3 Å². The van der Waals surface area contributed by atoms with E-state index in [4.69, 9.17) is 28.4 Å². The summed E-state index contributed by atoms with van der Waals surface area (Å²) < 4.78 is 56.9. The van der Waals surface area contributed by atoms with Crippen molar-refractivity contribution < 1.29 is 56.4 Å². The maximum Gasteiger partial charge on any atom is 0.451 e. The molecular weight excluding hydrogens is 1040 g/mol. The van der Waals surface area contributed by atoms with Crippen molar-refractivity contribution in [2.45, 2.75) is 80.3 Å². The molecule has 22 heteroatoms. The molecule has 2 aliphatic heterocycles. The molecule has 4 amide bonds. The Labute approximate surface area is 424 Å². The van der Waals surface area contributed by atoms with E-state index in [2.05, 4.69) is 42.6 Å². The average Bonchev–Trinajstić information content (AvgIpc) is 3.61. The number of aromatic nitrogens is 2. The fourth-order valence-corrected chi connectivity index (χ4v) is 11.3. The predicted octanol–water partition coefficient (Wildman–Crippen LogP) is 5.52. The molecule has 1 aromatic heterocycles. The Morgan fingerprint density at radius 1 is 0.944 bits per heavy atom. The number of hydrogen-bond acceptors (Lipinski definition) is 16. The lowest BCUT2D eigenvalue weighted by Gasteiger charge is -2.60. The number of ether oxygens (including phenoxy) is 6. The topological polar surface area (TPSA) is 237 Å². The quantitative estimate of drug-likeness (QED) is 0.0274. The minimum atomic E-state index is -3.36. The molecule has 3 heterocycles. The summed E-state index contributed by atoms with van der Waals surface area (Å²) in [4.78, 5) is 60.7. The number of carbonyl (C=O) groups is 4. The third kappa shape index (κ3) is 13.4. The Morgan fingerprint density at radius 2 is 1.65 bits per heavy atom. The number of amides is 4. The largest absolute Gasteiger partial charge is 0.451 e. The third-order valence-electron chi connectivity index (χ3n) is 13.9. The van der Waals surface area contributed by atoms with Gasteiger partial charge in [0.1, 0.15) is 29.2 Å². The summed E-state index contributed by atoms with van der Waals surface area (Å²) in [7, 11) is 1.48. The van der Waals surface area contributed by atoms with Crippen LogP contribution in [0.4, 0.5) is 26.2 Å². The first-order valence-corrected chi connectivity index (χ1v) is 25.2. The molecule has 5 N–H and O–H groups in total. The number of benzene rings is 2. The molecule has 5 fully saturated rings. The van der Waals surface area contributed by atoms with Crippen molar-refractivity contribution in [3.63, 3.8) is 0 Å². The molecule has 4 atom stereocenters. The summed E-state index contributed by atoms with van der Waals surface area (Å²) in [5.74, 6) is 0.862. The van der Waals surface area contributed by atoms with Gasteiger partial charge in [0, 0.05) is 68.0 Å². The van der Waals surface area contributed by atoms with Crippen molar-refractivity contribution in [3.05, 3.63) is 70.9 Å². The lowest BCUT2D eigenvalue weighted by molar-refractivity contribution is -0.140. The second-order valence-corrected chi connectivity index (χ2v) is 19.9. The van der Waals surface area contributed by atoms with Gasteiger partial charge >= 0.3 is 4.12 Å². The number of fused-ring (bicyclic) bond motifs is 1. The lowest BCUT2D eigenvalue weighted by Crippen LogP contribution is -2.60. The van der Waals surface area contributed by atoms with E-state index in [0.29, 0.717) is 112 Å². The van der Waals surface area contributed by atoms with Gasteiger partial charge < -0.3 is 49.7 Å². The Hall–Kier alpha value is -5.32. The van der Waals surface area contributed by atoms with Crippen molar-refractivity contribution in [1.29, 1.82) is 5.26 Å². The zero-order valence-electron chi connectivity index (χ0n) is 39.5. The molecule has 2 aromatic carbocycles. The van der Waals surface area contributed by atoms with Crippen molar-refractivity contribution in [2.24, 2.45) is 23.2 Å². The maximum atomic E-state index is 13.6. The van der Waals surface area contributed by atoms with Crippen LogP contribution >= 0.6 is 22.6 Å². The van der Waals surface area contributed by atoms with Crippen molar-refractivity contribution >= 4 is 63.7 Å². The van der Waals surface area contributed by atoms with Gasteiger partial charge in [-0.05, 0) is 86.0 Å². The Morgan fingerprint density at radius 3 is 2.34 bits per heavy atom. The molecule has 4 bridgehead atoms. The van der Waals surface area contributed by atoms with Gasteiger partial charge in [-0.3, -0.25) is 29.4 Å². The molecule has 382 valence electrons. The van der Waals surface area contributed by atoms with E-state index in [1.165, 1.54) is 24.3 Å². The monoisotopic (exact) mass is 1100 g/mol. The number of hydrogen-bond donors (Lipinski definition) is 5. The van der Waals surface area contributed by atoms with E-state index in [1.807, 2.05) is 6.07 Å². The van der Waals surface area contributed by atoms with Gasteiger partial charge in [0.15, 0.2) is 6.23 Å². The molecule has 3 aromatic rings. The number of halogens is 3. The number of nitrogens with one attached hydrogen (secondary N) is 5. The second-order valence-electron chi connectivity index (χ2n) is 18.7. The van der Waals surface area contributed by atoms with Crippen LogP contribution in [0.3, 0.4) is 0 Å². The summed E-state index contributed by atoms with van der Waals surface area (Å²) in [5.41, 5.74) is 2.72. The Balaban J connectivity index is 0.656. The average molecular weight is 1100 g/mol. The first kappa shape index (κ1) is 52.0. The number of alkyl halides is 3. The molecule has 0 radical (unpaired) electrons. The maximum absolute atomic E-state index is 13.6. The van der Waals surface area contributed by atoms with Crippen LogP contribution in [-0.4, -0.2) is 128 Å². The summed E-state index contributed by atoms with van der Waals surface area (Å²) in [6, 6.07) is 13.3. The van der Waals surface area contributed by atoms with Gasteiger partial charge in [-0.1, -0.05) is 18.2 Å². The number of nitriles is 1. The van der Waals surface area contributed by atoms with E-state index < -0.39 is 22.3 Å². The molecule has 0 spiro atoms. The van der Waals surface area contributed by atoms with E-state index in [9.17, 15) is 33.2 Å². The summed E-state index contributed by atoms with van der Waals surface area (Å²) >= 11 is 0.933. The highest BCUT2D eigenvalue weighted by Crippen LogP contribution is 2.60. The fourth-order valence-electron chi connectivity index (χ4n) is 11.1. The normalized spacial score (nSPS) is 24.3. The molecule has 4 aliphatic carbocycles. The van der Waals surface area contributed by atoms with Crippen LogP contribution in [0.1, 0.15) is 84.6 Å². The second kappa shape index (κ2) is 23.9. The molecule has 6 aliphatic rings. The van der Waals surface area contributed by atoms with Crippen molar-refractivity contribution in [2.75, 3.05) is 89.0 Å². The zero-order valence-corrected chi connectivity index (χ0v) is 41.7. The number of carbonyl (C=O) groups excluding carboxylic acids is 4. The first-order chi connectivity index (χ1) is 34.3. The van der Waals surface area contributed by atoms with Gasteiger partial charge in [0.05, 0.1) is 81.6 Å². The number of para-hydroxylation sites is 1. The molecule has 1 saturated heterocycles. The highest BCUT2D eigenvalue weighted by atomic mass is 127. The minimum absolute atomic E-state index is 0.0138. The zero-order chi connectivity index (χ0) is 50.0. The van der Waals surface area contributed by atoms with Crippen LogP contribution in [0.2, 0.25) is 0 Å². The van der Waals surface area contributed by atoms with E-state index >= 15 is 0 Å². The van der Waals surface area contributed by atoms with Crippen LogP contribution in [0, 0.1) is 34.5 Å². The summed E-state index contributed by atoms with van der Waals surface area (Å²) in [6.45, 7) is 4.35. The number of methoxy groups -OCH3 is 1. The van der Waals surface area contributed by atoms with E-state index in [0.717, 1.165) is 60.4 Å². The standard InChI is InChI=1S/C49H60F2IN9O10/c1-66-46-37-22-35(6-7-36(37)45(65)61(46)38-8-9-40(62)59-44(38)64)54-11-13-68-15-17-70-19-18-69-16-14-67-12-10-41(63)58-42-32-20-30-21-33(42)25-48(23-30,24-32)29-57-43-34(26-53)28-56-47(60-43)55-27-31-4-2-3-5-39(31)71-49(50,51)52/h2-7,22,28,30,32-33,38,42,46,54H,8-21,23-25,27,29H2,1H3,(H,58,63)(H,59,62,64)(H2,55,56,57,60). The van der Waals surface area contributed by atoms with Crippen LogP contribution in [0.25, 0.3) is 0 Å². The van der Waals surface area contributed by atoms with E-state index in [-0.39, 0.29) is 66.7 Å². The van der Waals surface area contributed by atoms with Crippen LogP contribution in [0.15, 0.2) is 48.7 Å². The highest BCUT2D eigenvalue weighted by molar-refractivity contribution is 14.1. The molecule has 9 rings (SSSR count). The van der Waals surface area contributed by atoms with Gasteiger partial charge in [0.25, 0.3) is 5.91 Å². The van der Waals surface area contributed by atoms with Gasteiger partial charge in [-0.25, -0.2) is 4.98 Å². The predicted molar refractivity (Wildman–Crippen MR) is 261 cm³/mol.